The van der Waals surface area contributed by atoms with E-state index in [1.54, 1.807) is 0 Å². The molecule has 0 bridgehead atoms. The summed E-state index contributed by atoms with van der Waals surface area (Å²) in [6.07, 6.45) is 5.48. The Morgan fingerprint density at radius 2 is 2.10 bits per heavy atom. The summed E-state index contributed by atoms with van der Waals surface area (Å²) in [5.74, 6) is 6.10. The van der Waals surface area contributed by atoms with Crippen molar-refractivity contribution in [3.05, 3.63) is 11.6 Å². The molecule has 0 saturated heterocycles. The fourth-order valence-corrected chi connectivity index (χ4v) is 0.533. The van der Waals surface area contributed by atoms with Crippen LogP contribution < -0.4 is 0 Å². The summed E-state index contributed by atoms with van der Waals surface area (Å²) < 4.78 is 0. The molecule has 0 aliphatic heterocycles. The van der Waals surface area contributed by atoms with Crippen molar-refractivity contribution in [2.45, 2.75) is 40.0 Å². The molecule has 0 aromatic rings. The van der Waals surface area contributed by atoms with E-state index in [9.17, 15) is 0 Å². The largest absolute Gasteiger partial charge is 0.0985 e. The van der Waals surface area contributed by atoms with Crippen LogP contribution in [0.1, 0.15) is 40.0 Å². The van der Waals surface area contributed by atoms with Gasteiger partial charge in [0.05, 0.1) is 0 Å². The zero-order valence-electron chi connectivity index (χ0n) is 7.20. The van der Waals surface area contributed by atoms with Gasteiger partial charge in [-0.1, -0.05) is 30.8 Å². The molecule has 0 aliphatic carbocycles. The van der Waals surface area contributed by atoms with Crippen LogP contribution in [-0.4, -0.2) is 0 Å². The molecule has 0 heterocycles. The topological polar surface area (TPSA) is 0 Å². The number of hydrogen-bond donors (Lipinski definition) is 0. The van der Waals surface area contributed by atoms with Crippen molar-refractivity contribution in [1.82, 2.24) is 0 Å². The second kappa shape index (κ2) is 6.42. The predicted molar refractivity (Wildman–Crippen MR) is 46.7 cm³/mol. The Labute approximate surface area is 64.3 Å². The van der Waals surface area contributed by atoms with Crippen LogP contribution in [0.5, 0.6) is 0 Å². The van der Waals surface area contributed by atoms with Gasteiger partial charge >= 0.3 is 0 Å². The molecule has 0 unspecified atom stereocenters. The van der Waals surface area contributed by atoms with Crippen molar-refractivity contribution >= 4 is 0 Å². The maximum absolute atomic E-state index is 3.09. The SMILES string of the molecule is CCCCC#CC=C(C)C. The van der Waals surface area contributed by atoms with Gasteiger partial charge in [0.25, 0.3) is 0 Å². The second-order valence-corrected chi connectivity index (χ2v) is 2.65. The quantitative estimate of drug-likeness (QED) is 0.404. The highest BCUT2D eigenvalue weighted by molar-refractivity contribution is 5.18. The van der Waals surface area contributed by atoms with E-state index in [-0.39, 0.29) is 0 Å². The fourth-order valence-electron chi connectivity index (χ4n) is 0.533. The molecule has 0 fully saturated rings. The zero-order valence-corrected chi connectivity index (χ0v) is 7.20. The van der Waals surface area contributed by atoms with E-state index >= 15 is 0 Å². The molecule has 0 aromatic heterocycles. The summed E-state index contributed by atoms with van der Waals surface area (Å²) in [6, 6.07) is 0. The van der Waals surface area contributed by atoms with Gasteiger partial charge < -0.3 is 0 Å². The number of hydrogen-bond acceptors (Lipinski definition) is 0. The van der Waals surface area contributed by atoms with Crippen LogP contribution in [0.15, 0.2) is 11.6 Å². The Morgan fingerprint density at radius 3 is 2.60 bits per heavy atom. The third-order valence-electron chi connectivity index (χ3n) is 1.12. The van der Waals surface area contributed by atoms with E-state index in [0.29, 0.717) is 0 Å². The summed E-state index contributed by atoms with van der Waals surface area (Å²) in [6.45, 7) is 6.31. The van der Waals surface area contributed by atoms with Gasteiger partial charge in [0.15, 0.2) is 0 Å². The maximum atomic E-state index is 3.09. The van der Waals surface area contributed by atoms with Crippen molar-refractivity contribution in [3.8, 4) is 11.8 Å². The minimum atomic E-state index is 1.04. The monoisotopic (exact) mass is 136 g/mol. The van der Waals surface area contributed by atoms with Crippen LogP contribution in [0.25, 0.3) is 0 Å². The smallest absolute Gasteiger partial charge is 0.00921 e. The van der Waals surface area contributed by atoms with Crippen LogP contribution in [0.3, 0.4) is 0 Å². The summed E-state index contributed by atoms with van der Waals surface area (Å²) in [4.78, 5) is 0. The molecule has 0 atom stereocenters. The van der Waals surface area contributed by atoms with Crippen molar-refractivity contribution in [2.75, 3.05) is 0 Å². The third kappa shape index (κ3) is 7.30. The Hall–Kier alpha value is -0.700. The molecule has 0 spiro atoms. The molecular weight excluding hydrogens is 120 g/mol. The summed E-state index contributed by atoms with van der Waals surface area (Å²) in [5.41, 5.74) is 1.28. The van der Waals surface area contributed by atoms with E-state index in [1.807, 2.05) is 6.08 Å². The molecule has 0 heteroatoms. The highest BCUT2D eigenvalue weighted by Crippen LogP contribution is 1.91. The van der Waals surface area contributed by atoms with Crippen molar-refractivity contribution < 1.29 is 0 Å². The van der Waals surface area contributed by atoms with Crippen LogP contribution in [0.4, 0.5) is 0 Å². The molecule has 0 aliphatic rings. The molecular formula is C10H16. The lowest BCUT2D eigenvalue weighted by atomic mass is 10.2. The normalized spacial score (nSPS) is 7.90. The number of unbranched alkanes of at least 4 members (excludes halogenated alkanes) is 2. The molecule has 0 nitrogen and oxygen atoms in total. The van der Waals surface area contributed by atoms with Crippen molar-refractivity contribution in [3.63, 3.8) is 0 Å². The fraction of sp³-hybridized carbons (Fsp3) is 0.600. The van der Waals surface area contributed by atoms with E-state index in [1.165, 1.54) is 18.4 Å². The van der Waals surface area contributed by atoms with Crippen LogP contribution in [0.2, 0.25) is 0 Å². The Kier molecular flexibility index (Phi) is 5.97. The molecule has 10 heavy (non-hydrogen) atoms. The molecule has 0 rings (SSSR count). The van der Waals surface area contributed by atoms with Crippen LogP contribution >= 0.6 is 0 Å². The molecule has 0 amide bonds. The molecule has 56 valence electrons. The standard InChI is InChI=1S/C10H16/c1-4-5-6-7-8-9-10(2)3/h9H,4-6H2,1-3H3. The third-order valence-corrected chi connectivity index (χ3v) is 1.12. The zero-order chi connectivity index (χ0) is 7.82. The summed E-state index contributed by atoms with van der Waals surface area (Å²) in [5, 5.41) is 0. The lowest BCUT2D eigenvalue weighted by Gasteiger charge is -1.82. The van der Waals surface area contributed by atoms with E-state index in [4.69, 9.17) is 0 Å². The Balaban J connectivity index is 3.41. The van der Waals surface area contributed by atoms with Gasteiger partial charge in [-0.25, -0.2) is 0 Å². The van der Waals surface area contributed by atoms with Crippen LogP contribution in [-0.2, 0) is 0 Å². The first kappa shape index (κ1) is 9.30. The van der Waals surface area contributed by atoms with Gasteiger partial charge in [-0.3, -0.25) is 0 Å². The molecule has 0 saturated carbocycles. The number of allylic oxidation sites excluding steroid dienone is 2. The minimum Gasteiger partial charge on any atom is -0.0985 e. The Morgan fingerprint density at radius 1 is 1.40 bits per heavy atom. The predicted octanol–water partition coefficient (Wildman–Crippen LogP) is 3.15. The van der Waals surface area contributed by atoms with E-state index in [2.05, 4.69) is 32.6 Å². The average molecular weight is 136 g/mol. The molecule has 0 aromatic carbocycles. The van der Waals surface area contributed by atoms with Gasteiger partial charge in [0, 0.05) is 6.42 Å². The summed E-state index contributed by atoms with van der Waals surface area (Å²) in [7, 11) is 0. The van der Waals surface area contributed by atoms with Gasteiger partial charge in [0.1, 0.15) is 0 Å². The van der Waals surface area contributed by atoms with Gasteiger partial charge in [0.2, 0.25) is 0 Å². The lowest BCUT2D eigenvalue weighted by molar-refractivity contribution is 0.828. The highest BCUT2D eigenvalue weighted by atomic mass is 13.8. The first-order valence-corrected chi connectivity index (χ1v) is 3.89. The Bertz CT molecular complexity index is 149. The van der Waals surface area contributed by atoms with E-state index in [0.717, 1.165) is 6.42 Å². The van der Waals surface area contributed by atoms with Crippen LogP contribution in [0, 0.1) is 11.8 Å². The highest BCUT2D eigenvalue weighted by Gasteiger charge is 1.74. The molecule has 0 radical (unpaired) electrons. The second-order valence-electron chi connectivity index (χ2n) is 2.65. The molecule has 0 N–H and O–H groups in total. The van der Waals surface area contributed by atoms with Gasteiger partial charge in [-0.2, -0.15) is 0 Å². The maximum Gasteiger partial charge on any atom is 0.00921 e. The lowest BCUT2D eigenvalue weighted by Crippen LogP contribution is -1.66. The van der Waals surface area contributed by atoms with Crippen molar-refractivity contribution in [2.24, 2.45) is 0 Å². The first-order chi connectivity index (χ1) is 4.77. The summed E-state index contributed by atoms with van der Waals surface area (Å²) >= 11 is 0. The van der Waals surface area contributed by atoms with Crippen molar-refractivity contribution in [1.29, 1.82) is 0 Å². The van der Waals surface area contributed by atoms with Gasteiger partial charge in [-0.05, 0) is 26.3 Å². The van der Waals surface area contributed by atoms with Gasteiger partial charge in [-0.15, -0.1) is 0 Å². The van der Waals surface area contributed by atoms with E-state index < -0.39 is 0 Å². The average Bonchev–Trinajstić information content (AvgIpc) is 1.87. The number of rotatable bonds is 2. The first-order valence-electron chi connectivity index (χ1n) is 3.89. The minimum absolute atomic E-state index is 1.04.